The van der Waals surface area contributed by atoms with Crippen LogP contribution in [-0.4, -0.2) is 12.6 Å². The summed E-state index contributed by atoms with van der Waals surface area (Å²) in [4.78, 5) is 0. The maximum Gasteiger partial charge on any atom is 0.124 e. The number of fused-ring (bicyclic) bond motifs is 1. The van der Waals surface area contributed by atoms with Crippen molar-refractivity contribution in [1.29, 1.82) is 0 Å². The average Bonchev–Trinajstić information content (AvgIpc) is 2.61. The second kappa shape index (κ2) is 8.53. The summed E-state index contributed by atoms with van der Waals surface area (Å²) in [6, 6.07) is 13.7. The van der Waals surface area contributed by atoms with Crippen LogP contribution in [0, 0.1) is 5.92 Å². The van der Waals surface area contributed by atoms with Gasteiger partial charge in [-0.1, -0.05) is 63.4 Å². The van der Waals surface area contributed by atoms with Gasteiger partial charge in [0.25, 0.3) is 0 Å². The predicted octanol–water partition coefficient (Wildman–Crippen LogP) is 5.69. The predicted molar refractivity (Wildman–Crippen MR) is 103 cm³/mol. The van der Waals surface area contributed by atoms with Crippen molar-refractivity contribution in [2.45, 2.75) is 65.0 Å². The van der Waals surface area contributed by atoms with E-state index in [1.54, 1.807) is 0 Å². The Kier molecular flexibility index (Phi) is 6.14. The molecule has 1 aliphatic rings. The Bertz CT molecular complexity index is 643. The molecule has 0 heterocycles. The van der Waals surface area contributed by atoms with Crippen molar-refractivity contribution < 1.29 is 4.74 Å². The first-order chi connectivity index (χ1) is 11.7. The summed E-state index contributed by atoms with van der Waals surface area (Å²) >= 11 is 0. The van der Waals surface area contributed by atoms with Crippen molar-refractivity contribution in [3.05, 3.63) is 42.0 Å². The molecule has 2 aromatic carbocycles. The molecular formula is C22H31NO. The molecule has 0 saturated heterocycles. The van der Waals surface area contributed by atoms with E-state index in [1.165, 1.54) is 48.4 Å². The van der Waals surface area contributed by atoms with Gasteiger partial charge in [0, 0.05) is 18.2 Å². The minimum atomic E-state index is 0.668. The van der Waals surface area contributed by atoms with Crippen LogP contribution in [0.3, 0.4) is 0 Å². The van der Waals surface area contributed by atoms with Gasteiger partial charge in [0.1, 0.15) is 5.75 Å². The first-order valence-electron chi connectivity index (χ1n) is 9.61. The van der Waals surface area contributed by atoms with Crippen molar-refractivity contribution in [2.24, 2.45) is 5.92 Å². The molecule has 0 aliphatic heterocycles. The van der Waals surface area contributed by atoms with Crippen LogP contribution in [0.25, 0.3) is 10.8 Å². The highest BCUT2D eigenvalue weighted by Crippen LogP contribution is 2.29. The molecule has 3 rings (SSSR count). The van der Waals surface area contributed by atoms with E-state index >= 15 is 0 Å². The fraction of sp³-hybridized carbons (Fsp3) is 0.545. The van der Waals surface area contributed by atoms with E-state index in [-0.39, 0.29) is 0 Å². The highest BCUT2D eigenvalue weighted by atomic mass is 16.5. The maximum absolute atomic E-state index is 6.16. The number of nitrogens with one attached hydrogen (secondary N) is 1. The van der Waals surface area contributed by atoms with Gasteiger partial charge in [0.05, 0.1) is 6.61 Å². The van der Waals surface area contributed by atoms with Gasteiger partial charge in [-0.25, -0.2) is 0 Å². The SMILES string of the molecule is CC(C)CCOc1ccc2ccccc2c1CNC1CCCCC1. The Morgan fingerprint density at radius 2 is 1.83 bits per heavy atom. The molecule has 130 valence electrons. The molecule has 0 amide bonds. The number of hydrogen-bond acceptors (Lipinski definition) is 2. The first-order valence-corrected chi connectivity index (χ1v) is 9.61. The molecule has 2 nitrogen and oxygen atoms in total. The summed E-state index contributed by atoms with van der Waals surface area (Å²) in [7, 11) is 0. The third-order valence-corrected chi connectivity index (χ3v) is 5.12. The number of hydrogen-bond donors (Lipinski definition) is 1. The molecular weight excluding hydrogens is 294 g/mol. The Labute approximate surface area is 146 Å². The van der Waals surface area contributed by atoms with Crippen molar-refractivity contribution in [1.82, 2.24) is 5.32 Å². The molecule has 1 saturated carbocycles. The quantitative estimate of drug-likeness (QED) is 0.706. The van der Waals surface area contributed by atoms with Crippen LogP contribution in [0.2, 0.25) is 0 Å². The van der Waals surface area contributed by atoms with Crippen LogP contribution in [-0.2, 0) is 6.54 Å². The van der Waals surface area contributed by atoms with E-state index in [4.69, 9.17) is 4.74 Å². The van der Waals surface area contributed by atoms with Crippen LogP contribution in [0.15, 0.2) is 36.4 Å². The Hall–Kier alpha value is -1.54. The van der Waals surface area contributed by atoms with Crippen LogP contribution < -0.4 is 10.1 Å². The van der Waals surface area contributed by atoms with Gasteiger partial charge in [-0.15, -0.1) is 0 Å². The van der Waals surface area contributed by atoms with Crippen LogP contribution in [0.5, 0.6) is 5.75 Å². The zero-order chi connectivity index (χ0) is 16.8. The summed E-state index contributed by atoms with van der Waals surface area (Å²) in [5.41, 5.74) is 1.32. The van der Waals surface area contributed by atoms with E-state index < -0.39 is 0 Å². The molecule has 0 unspecified atom stereocenters. The molecule has 0 radical (unpaired) electrons. The van der Waals surface area contributed by atoms with Crippen LogP contribution >= 0.6 is 0 Å². The second-order valence-electron chi connectivity index (χ2n) is 7.51. The van der Waals surface area contributed by atoms with Gasteiger partial charge in [-0.05, 0) is 42.0 Å². The van der Waals surface area contributed by atoms with Gasteiger partial charge < -0.3 is 10.1 Å². The summed E-state index contributed by atoms with van der Waals surface area (Å²) < 4.78 is 6.16. The zero-order valence-electron chi connectivity index (χ0n) is 15.2. The monoisotopic (exact) mass is 325 g/mol. The number of ether oxygens (including phenoxy) is 1. The second-order valence-corrected chi connectivity index (χ2v) is 7.51. The number of rotatable bonds is 7. The van der Waals surface area contributed by atoms with Gasteiger partial charge in [0.2, 0.25) is 0 Å². The lowest BCUT2D eigenvalue weighted by atomic mass is 9.95. The third-order valence-electron chi connectivity index (χ3n) is 5.12. The van der Waals surface area contributed by atoms with Crippen molar-refractivity contribution >= 4 is 10.8 Å². The van der Waals surface area contributed by atoms with E-state index in [0.29, 0.717) is 12.0 Å². The summed E-state index contributed by atoms with van der Waals surface area (Å²) in [6.07, 6.45) is 7.86. The Balaban J connectivity index is 1.77. The van der Waals surface area contributed by atoms with Gasteiger partial charge >= 0.3 is 0 Å². The molecule has 2 heteroatoms. The van der Waals surface area contributed by atoms with Gasteiger partial charge in [-0.3, -0.25) is 0 Å². The van der Waals surface area contributed by atoms with Crippen LogP contribution in [0.1, 0.15) is 57.9 Å². The molecule has 1 N–H and O–H groups in total. The standard InChI is InChI=1S/C22H31NO/c1-17(2)14-15-24-22-13-12-18-8-6-7-11-20(18)21(22)16-23-19-9-4-3-5-10-19/h6-8,11-13,17,19,23H,3-5,9-10,14-16H2,1-2H3. The van der Waals surface area contributed by atoms with Gasteiger partial charge in [0.15, 0.2) is 0 Å². The van der Waals surface area contributed by atoms with Crippen LogP contribution in [0.4, 0.5) is 0 Å². The van der Waals surface area contributed by atoms with E-state index in [0.717, 1.165) is 25.3 Å². The lowest BCUT2D eigenvalue weighted by molar-refractivity contribution is 0.285. The summed E-state index contributed by atoms with van der Waals surface area (Å²) in [6.45, 7) is 6.19. The Morgan fingerprint density at radius 1 is 1.04 bits per heavy atom. The van der Waals surface area contributed by atoms with E-state index in [9.17, 15) is 0 Å². The largest absolute Gasteiger partial charge is 0.493 e. The lowest BCUT2D eigenvalue weighted by Crippen LogP contribution is -2.30. The molecule has 0 atom stereocenters. The first kappa shape index (κ1) is 17.3. The molecule has 24 heavy (non-hydrogen) atoms. The maximum atomic E-state index is 6.16. The molecule has 0 aromatic heterocycles. The smallest absolute Gasteiger partial charge is 0.124 e. The van der Waals surface area contributed by atoms with Gasteiger partial charge in [-0.2, -0.15) is 0 Å². The lowest BCUT2D eigenvalue weighted by Gasteiger charge is -2.24. The average molecular weight is 325 g/mol. The molecule has 1 aliphatic carbocycles. The minimum Gasteiger partial charge on any atom is -0.493 e. The highest BCUT2D eigenvalue weighted by molar-refractivity contribution is 5.87. The third kappa shape index (κ3) is 4.51. The topological polar surface area (TPSA) is 21.3 Å². The minimum absolute atomic E-state index is 0.668. The molecule has 0 spiro atoms. The molecule has 2 aromatic rings. The highest BCUT2D eigenvalue weighted by Gasteiger charge is 2.15. The summed E-state index contributed by atoms with van der Waals surface area (Å²) in [5.74, 6) is 1.73. The van der Waals surface area contributed by atoms with E-state index in [1.807, 2.05) is 0 Å². The molecule has 0 bridgehead atoms. The van der Waals surface area contributed by atoms with Crippen molar-refractivity contribution in [3.63, 3.8) is 0 Å². The van der Waals surface area contributed by atoms with Crippen molar-refractivity contribution in [2.75, 3.05) is 6.61 Å². The fourth-order valence-corrected chi connectivity index (χ4v) is 3.59. The normalized spacial score (nSPS) is 16.0. The zero-order valence-corrected chi connectivity index (χ0v) is 15.2. The fourth-order valence-electron chi connectivity index (χ4n) is 3.59. The van der Waals surface area contributed by atoms with E-state index in [2.05, 4.69) is 55.6 Å². The summed E-state index contributed by atoms with van der Waals surface area (Å²) in [5, 5.41) is 6.41. The number of benzene rings is 2. The van der Waals surface area contributed by atoms with Crippen molar-refractivity contribution in [3.8, 4) is 5.75 Å². The molecule has 1 fully saturated rings. The Morgan fingerprint density at radius 3 is 2.62 bits per heavy atom.